The van der Waals surface area contributed by atoms with E-state index >= 15 is 0 Å². The first kappa shape index (κ1) is 10.7. The van der Waals surface area contributed by atoms with E-state index in [0.29, 0.717) is 11.7 Å². The zero-order chi connectivity index (χ0) is 11.5. The number of oxime groups is 1. The molecule has 3 N–H and O–H groups in total. The van der Waals surface area contributed by atoms with E-state index < -0.39 is 0 Å². The fourth-order valence-corrected chi connectivity index (χ4v) is 1.88. The van der Waals surface area contributed by atoms with Gasteiger partial charge in [0.05, 0.1) is 5.69 Å². The van der Waals surface area contributed by atoms with E-state index in [-0.39, 0.29) is 5.84 Å². The minimum Gasteiger partial charge on any atom is -0.409 e. The van der Waals surface area contributed by atoms with Crippen LogP contribution < -0.4 is 10.6 Å². The van der Waals surface area contributed by atoms with Crippen molar-refractivity contribution >= 4 is 11.5 Å². The molecule has 1 fully saturated rings. The zero-order valence-electron chi connectivity index (χ0n) is 9.30. The van der Waals surface area contributed by atoms with Gasteiger partial charge < -0.3 is 15.8 Å². The fourth-order valence-electron chi connectivity index (χ4n) is 1.88. The molecule has 0 aliphatic heterocycles. The molecule has 0 atom stereocenters. The van der Waals surface area contributed by atoms with Crippen LogP contribution in [0.25, 0.3) is 0 Å². The molecule has 0 spiro atoms. The van der Waals surface area contributed by atoms with Gasteiger partial charge in [-0.3, -0.25) is 4.98 Å². The lowest BCUT2D eigenvalue weighted by atomic mass is 10.2. The van der Waals surface area contributed by atoms with Crippen molar-refractivity contribution in [3.63, 3.8) is 0 Å². The predicted octanol–water partition coefficient (Wildman–Crippen LogP) is 1.16. The lowest BCUT2D eigenvalue weighted by Crippen LogP contribution is -2.29. The number of hydrogen-bond donors (Lipinski definition) is 2. The largest absolute Gasteiger partial charge is 0.409 e. The molecule has 0 radical (unpaired) electrons. The summed E-state index contributed by atoms with van der Waals surface area (Å²) in [6.07, 6.45) is 4.06. The quantitative estimate of drug-likeness (QED) is 0.345. The van der Waals surface area contributed by atoms with E-state index in [0.717, 1.165) is 12.2 Å². The van der Waals surface area contributed by atoms with Crippen LogP contribution in [0.4, 0.5) is 5.69 Å². The second-order valence-electron chi connectivity index (χ2n) is 3.87. The number of amidine groups is 1. The van der Waals surface area contributed by atoms with Gasteiger partial charge in [-0.1, -0.05) is 5.16 Å². The summed E-state index contributed by atoms with van der Waals surface area (Å²) < 4.78 is 0. The van der Waals surface area contributed by atoms with Crippen LogP contribution in [-0.2, 0) is 0 Å². The van der Waals surface area contributed by atoms with E-state index in [1.54, 1.807) is 6.20 Å². The summed E-state index contributed by atoms with van der Waals surface area (Å²) in [5.41, 5.74) is 7.12. The summed E-state index contributed by atoms with van der Waals surface area (Å²) in [5, 5.41) is 11.7. The lowest BCUT2D eigenvalue weighted by molar-refractivity contribution is 0.318. The molecule has 1 aromatic heterocycles. The van der Waals surface area contributed by atoms with Gasteiger partial charge in [0, 0.05) is 18.8 Å². The first-order chi connectivity index (χ1) is 7.77. The maximum atomic E-state index is 8.73. The molecule has 1 aromatic rings. The van der Waals surface area contributed by atoms with E-state index in [2.05, 4.69) is 22.0 Å². The van der Waals surface area contributed by atoms with Crippen molar-refractivity contribution in [2.24, 2.45) is 10.9 Å². The van der Waals surface area contributed by atoms with Crippen molar-refractivity contribution in [1.82, 2.24) is 4.98 Å². The van der Waals surface area contributed by atoms with Crippen molar-refractivity contribution in [1.29, 1.82) is 0 Å². The van der Waals surface area contributed by atoms with Crippen LogP contribution in [-0.4, -0.2) is 28.6 Å². The van der Waals surface area contributed by atoms with Crippen LogP contribution >= 0.6 is 0 Å². The van der Waals surface area contributed by atoms with Crippen molar-refractivity contribution in [3.05, 3.63) is 24.0 Å². The van der Waals surface area contributed by atoms with Crippen LogP contribution in [0.3, 0.4) is 0 Å². The van der Waals surface area contributed by atoms with Gasteiger partial charge in [-0.25, -0.2) is 0 Å². The maximum Gasteiger partial charge on any atom is 0.190 e. The third kappa shape index (κ3) is 1.93. The van der Waals surface area contributed by atoms with Crippen LogP contribution in [0.1, 0.15) is 25.5 Å². The number of nitrogens with two attached hydrogens (primary N) is 1. The maximum absolute atomic E-state index is 8.73. The minimum atomic E-state index is 0.0645. The van der Waals surface area contributed by atoms with E-state index in [1.807, 2.05) is 12.1 Å². The van der Waals surface area contributed by atoms with Gasteiger partial charge in [-0.15, -0.1) is 0 Å². The first-order valence-electron chi connectivity index (χ1n) is 5.47. The van der Waals surface area contributed by atoms with E-state index in [1.165, 1.54) is 12.8 Å². The third-order valence-corrected chi connectivity index (χ3v) is 2.77. The summed E-state index contributed by atoms with van der Waals surface area (Å²) in [4.78, 5) is 6.42. The molecule has 1 heterocycles. The summed E-state index contributed by atoms with van der Waals surface area (Å²) in [5.74, 6) is 0.0645. The molecule has 5 nitrogen and oxygen atoms in total. The Bertz CT molecular complexity index is 401. The van der Waals surface area contributed by atoms with Crippen molar-refractivity contribution < 1.29 is 5.21 Å². The summed E-state index contributed by atoms with van der Waals surface area (Å²) in [6, 6.07) is 4.41. The number of rotatable bonds is 4. The molecule has 2 rings (SSSR count). The van der Waals surface area contributed by atoms with Crippen LogP contribution in [0.15, 0.2) is 23.5 Å². The van der Waals surface area contributed by atoms with Gasteiger partial charge in [0.1, 0.15) is 5.69 Å². The van der Waals surface area contributed by atoms with Crippen LogP contribution in [0.2, 0.25) is 0 Å². The SMILES string of the molecule is CCN(c1cccnc1/C(N)=N/O)C1CC1. The number of nitrogens with zero attached hydrogens (tertiary/aromatic N) is 3. The fraction of sp³-hybridized carbons (Fsp3) is 0.455. The predicted molar refractivity (Wildman–Crippen MR) is 62.8 cm³/mol. The Morgan fingerprint density at radius 3 is 3.00 bits per heavy atom. The van der Waals surface area contributed by atoms with Crippen molar-refractivity contribution in [2.75, 3.05) is 11.4 Å². The molecule has 0 unspecified atom stereocenters. The highest BCUT2D eigenvalue weighted by Crippen LogP contribution is 2.32. The average Bonchev–Trinajstić information content (AvgIpc) is 3.14. The second kappa shape index (κ2) is 4.38. The molecule has 5 heteroatoms. The Hall–Kier alpha value is -1.78. The highest BCUT2D eigenvalue weighted by Gasteiger charge is 2.30. The molecule has 1 saturated carbocycles. The Kier molecular flexibility index (Phi) is 2.94. The highest BCUT2D eigenvalue weighted by atomic mass is 16.4. The Morgan fingerprint density at radius 1 is 1.69 bits per heavy atom. The molecule has 0 amide bonds. The number of anilines is 1. The van der Waals surface area contributed by atoms with Gasteiger partial charge in [-0.05, 0) is 31.9 Å². The number of pyridine rings is 1. The molecule has 1 aliphatic rings. The van der Waals surface area contributed by atoms with Crippen molar-refractivity contribution in [3.8, 4) is 0 Å². The van der Waals surface area contributed by atoms with Gasteiger partial charge in [0.25, 0.3) is 0 Å². The Balaban J connectivity index is 2.38. The summed E-state index contributed by atoms with van der Waals surface area (Å²) in [7, 11) is 0. The number of aromatic nitrogens is 1. The monoisotopic (exact) mass is 220 g/mol. The van der Waals surface area contributed by atoms with E-state index in [4.69, 9.17) is 10.9 Å². The van der Waals surface area contributed by atoms with Gasteiger partial charge >= 0.3 is 0 Å². The highest BCUT2D eigenvalue weighted by molar-refractivity contribution is 6.00. The summed E-state index contributed by atoms with van der Waals surface area (Å²) in [6.45, 7) is 3.00. The molecule has 16 heavy (non-hydrogen) atoms. The topological polar surface area (TPSA) is 74.7 Å². The molecular formula is C11H16N4O. The molecule has 1 aliphatic carbocycles. The minimum absolute atomic E-state index is 0.0645. The standard InChI is InChI=1S/C11H16N4O/c1-2-15(8-5-6-8)9-4-3-7-13-10(9)11(12)14-16/h3-4,7-8,16H,2,5-6H2,1H3,(H2,12,14). The molecule has 0 bridgehead atoms. The van der Waals surface area contributed by atoms with Gasteiger partial charge in [-0.2, -0.15) is 0 Å². The van der Waals surface area contributed by atoms with Gasteiger partial charge in [0.15, 0.2) is 5.84 Å². The first-order valence-corrected chi connectivity index (χ1v) is 5.47. The average molecular weight is 220 g/mol. The molecule has 0 aromatic carbocycles. The van der Waals surface area contributed by atoms with E-state index in [9.17, 15) is 0 Å². The van der Waals surface area contributed by atoms with Gasteiger partial charge in [0.2, 0.25) is 0 Å². The Morgan fingerprint density at radius 2 is 2.44 bits per heavy atom. The second-order valence-corrected chi connectivity index (χ2v) is 3.87. The van der Waals surface area contributed by atoms with Crippen molar-refractivity contribution in [2.45, 2.75) is 25.8 Å². The van der Waals surface area contributed by atoms with Crippen LogP contribution in [0, 0.1) is 0 Å². The number of hydrogen-bond acceptors (Lipinski definition) is 4. The smallest absolute Gasteiger partial charge is 0.190 e. The summed E-state index contributed by atoms with van der Waals surface area (Å²) >= 11 is 0. The zero-order valence-corrected chi connectivity index (χ0v) is 9.30. The molecular weight excluding hydrogens is 204 g/mol. The molecule has 0 saturated heterocycles. The molecule has 86 valence electrons. The third-order valence-electron chi connectivity index (χ3n) is 2.77. The Labute approximate surface area is 94.6 Å². The normalized spacial score (nSPS) is 16.2. The van der Waals surface area contributed by atoms with Crippen LogP contribution in [0.5, 0.6) is 0 Å². The lowest BCUT2D eigenvalue weighted by Gasteiger charge is -2.24.